The number of anilines is 2. The molecule has 0 saturated heterocycles. The predicted octanol–water partition coefficient (Wildman–Crippen LogP) is 5.83. The van der Waals surface area contributed by atoms with Crippen LogP contribution in [-0.2, 0) is 6.61 Å². The molecule has 0 radical (unpaired) electrons. The first-order chi connectivity index (χ1) is 13.5. The molecule has 1 heterocycles. The van der Waals surface area contributed by atoms with Gasteiger partial charge in [0.25, 0.3) is 0 Å². The minimum atomic E-state index is 0.269. The normalized spacial score (nSPS) is 11.0. The maximum atomic E-state index is 6.20. The van der Waals surface area contributed by atoms with Crippen molar-refractivity contribution in [2.45, 2.75) is 6.61 Å². The number of halogens is 3. The molecule has 6 nitrogen and oxygen atoms in total. The predicted molar refractivity (Wildman–Crippen MR) is 119 cm³/mol. The van der Waals surface area contributed by atoms with Crippen molar-refractivity contribution in [2.24, 2.45) is 5.10 Å². The van der Waals surface area contributed by atoms with E-state index in [0.717, 1.165) is 15.6 Å². The van der Waals surface area contributed by atoms with E-state index in [1.165, 1.54) is 11.3 Å². The molecule has 28 heavy (non-hydrogen) atoms. The zero-order valence-electron chi connectivity index (χ0n) is 14.6. The van der Waals surface area contributed by atoms with Crippen LogP contribution in [0.15, 0.2) is 45.3 Å². The van der Waals surface area contributed by atoms with Crippen LogP contribution in [0.5, 0.6) is 11.5 Å². The molecule has 0 amide bonds. The molecule has 0 spiro atoms. The lowest BCUT2D eigenvalue weighted by atomic mass is 10.2. The topological polar surface area (TPSA) is 81.8 Å². The summed E-state index contributed by atoms with van der Waals surface area (Å²) in [5, 5.41) is 7.61. The van der Waals surface area contributed by atoms with Crippen LogP contribution in [0.25, 0.3) is 0 Å². The Morgan fingerprint density at radius 1 is 1.32 bits per heavy atom. The van der Waals surface area contributed by atoms with E-state index in [9.17, 15) is 0 Å². The molecule has 3 aromatic rings. The minimum Gasteiger partial charge on any atom is -0.493 e. The molecule has 3 N–H and O–H groups in total. The number of hydrogen-bond acceptors (Lipinski definition) is 7. The van der Waals surface area contributed by atoms with Gasteiger partial charge in [-0.3, -0.25) is 5.43 Å². The number of aromatic nitrogens is 1. The van der Waals surface area contributed by atoms with Crippen LogP contribution in [0.3, 0.4) is 0 Å². The number of methoxy groups -OCH3 is 1. The van der Waals surface area contributed by atoms with Crippen molar-refractivity contribution < 1.29 is 9.47 Å². The van der Waals surface area contributed by atoms with Crippen LogP contribution < -0.4 is 20.6 Å². The van der Waals surface area contributed by atoms with Gasteiger partial charge in [0.1, 0.15) is 12.4 Å². The number of hydrazone groups is 1. The van der Waals surface area contributed by atoms with Gasteiger partial charge in [-0.05, 0) is 45.8 Å². The average molecular weight is 502 g/mol. The van der Waals surface area contributed by atoms with Gasteiger partial charge in [-0.2, -0.15) is 5.10 Å². The lowest BCUT2D eigenvalue weighted by molar-refractivity contribution is 0.282. The van der Waals surface area contributed by atoms with Gasteiger partial charge in [-0.25, -0.2) is 4.98 Å². The quantitative estimate of drug-likeness (QED) is 0.314. The number of rotatable bonds is 7. The molecular formula is C18H15BrCl2N4O2S. The van der Waals surface area contributed by atoms with Gasteiger partial charge in [-0.1, -0.05) is 29.3 Å². The molecule has 0 aliphatic carbocycles. The van der Waals surface area contributed by atoms with Crippen LogP contribution in [0.4, 0.5) is 10.9 Å². The summed E-state index contributed by atoms with van der Waals surface area (Å²) in [7, 11) is 1.57. The Hall–Kier alpha value is -2.00. The van der Waals surface area contributed by atoms with Crippen molar-refractivity contribution in [1.29, 1.82) is 0 Å². The number of nitrogens with zero attached hydrogens (tertiary/aromatic N) is 2. The van der Waals surface area contributed by atoms with Gasteiger partial charge in [0.05, 0.1) is 17.8 Å². The summed E-state index contributed by atoms with van der Waals surface area (Å²) in [6.07, 6.45) is 1.64. The second-order valence-electron chi connectivity index (χ2n) is 5.51. The Labute approximate surface area is 184 Å². The Bertz CT molecular complexity index is 1010. The zero-order chi connectivity index (χ0) is 20.1. The Balaban J connectivity index is 1.73. The van der Waals surface area contributed by atoms with Gasteiger partial charge >= 0.3 is 0 Å². The van der Waals surface area contributed by atoms with E-state index in [4.69, 9.17) is 38.4 Å². The third-order valence-corrected chi connectivity index (χ3v) is 5.48. The highest BCUT2D eigenvalue weighted by atomic mass is 79.9. The SMILES string of the molecule is COc1cc(C=NNc2nc(N)cs2)cc(Br)c1OCc1ccc(Cl)cc1Cl. The smallest absolute Gasteiger partial charge is 0.205 e. The second-order valence-corrected chi connectivity index (χ2v) is 8.06. The monoisotopic (exact) mass is 500 g/mol. The van der Waals surface area contributed by atoms with Gasteiger partial charge in [0.2, 0.25) is 5.13 Å². The number of nitrogens with one attached hydrogen (secondary N) is 1. The molecule has 146 valence electrons. The van der Waals surface area contributed by atoms with Gasteiger partial charge in [0, 0.05) is 21.0 Å². The Kier molecular flexibility index (Phi) is 7.01. The standard InChI is InChI=1S/C18H15BrCl2N4O2S/c1-26-15-5-10(7-23-25-18-24-16(22)9-28-18)4-13(19)17(15)27-8-11-2-3-12(20)6-14(11)21/h2-7,9H,8,22H2,1H3,(H,24,25). The summed E-state index contributed by atoms with van der Waals surface area (Å²) >= 11 is 17.0. The number of ether oxygens (including phenoxy) is 2. The molecule has 0 saturated carbocycles. The van der Waals surface area contributed by atoms with Crippen molar-refractivity contribution in [3.8, 4) is 11.5 Å². The number of nitrogen functional groups attached to an aromatic ring is 1. The molecule has 2 aromatic carbocycles. The average Bonchev–Trinajstić information content (AvgIpc) is 3.07. The largest absolute Gasteiger partial charge is 0.493 e. The Morgan fingerprint density at radius 3 is 2.82 bits per heavy atom. The fourth-order valence-corrected chi connectivity index (χ4v) is 3.83. The van der Waals surface area contributed by atoms with E-state index in [0.29, 0.717) is 32.5 Å². The van der Waals surface area contributed by atoms with Crippen LogP contribution in [0.1, 0.15) is 11.1 Å². The fourth-order valence-electron chi connectivity index (χ4n) is 2.24. The highest BCUT2D eigenvalue weighted by Gasteiger charge is 2.12. The van der Waals surface area contributed by atoms with Crippen molar-refractivity contribution in [2.75, 3.05) is 18.3 Å². The summed E-state index contributed by atoms with van der Waals surface area (Å²) in [5.41, 5.74) is 10.0. The maximum Gasteiger partial charge on any atom is 0.205 e. The van der Waals surface area contributed by atoms with E-state index in [1.54, 1.807) is 30.8 Å². The molecule has 0 aliphatic rings. The number of hydrogen-bond donors (Lipinski definition) is 2. The molecule has 3 rings (SSSR count). The van der Waals surface area contributed by atoms with E-state index >= 15 is 0 Å². The number of thiazole rings is 1. The molecule has 0 unspecified atom stereocenters. The molecule has 0 fully saturated rings. The van der Waals surface area contributed by atoms with Crippen LogP contribution in [-0.4, -0.2) is 18.3 Å². The molecule has 0 bridgehead atoms. The van der Waals surface area contributed by atoms with Gasteiger partial charge in [-0.15, -0.1) is 11.3 Å². The van der Waals surface area contributed by atoms with Crippen LogP contribution >= 0.6 is 50.5 Å². The van der Waals surface area contributed by atoms with Crippen molar-refractivity contribution in [3.05, 3.63) is 61.4 Å². The van der Waals surface area contributed by atoms with Crippen LogP contribution in [0, 0.1) is 0 Å². The lowest BCUT2D eigenvalue weighted by Crippen LogP contribution is -2.00. The summed E-state index contributed by atoms with van der Waals surface area (Å²) in [6.45, 7) is 0.269. The molecule has 10 heteroatoms. The first-order valence-electron chi connectivity index (χ1n) is 7.90. The first kappa shape index (κ1) is 20.7. The van der Waals surface area contributed by atoms with Gasteiger partial charge in [0.15, 0.2) is 11.5 Å². The third kappa shape index (κ3) is 5.29. The summed E-state index contributed by atoms with van der Waals surface area (Å²) in [5.74, 6) is 1.57. The van der Waals surface area contributed by atoms with Crippen molar-refractivity contribution >= 4 is 67.6 Å². The summed E-state index contributed by atoms with van der Waals surface area (Å²) < 4.78 is 12.1. The minimum absolute atomic E-state index is 0.269. The summed E-state index contributed by atoms with van der Waals surface area (Å²) in [4.78, 5) is 4.07. The summed E-state index contributed by atoms with van der Waals surface area (Å²) in [6, 6.07) is 8.94. The molecule has 0 atom stereocenters. The van der Waals surface area contributed by atoms with E-state index in [2.05, 4.69) is 31.4 Å². The van der Waals surface area contributed by atoms with Gasteiger partial charge < -0.3 is 15.2 Å². The fraction of sp³-hybridized carbons (Fsp3) is 0.111. The molecule has 1 aromatic heterocycles. The van der Waals surface area contributed by atoms with E-state index in [-0.39, 0.29) is 6.61 Å². The number of benzene rings is 2. The maximum absolute atomic E-state index is 6.20. The third-order valence-electron chi connectivity index (χ3n) is 3.53. The highest BCUT2D eigenvalue weighted by Crippen LogP contribution is 2.37. The van der Waals surface area contributed by atoms with Crippen LogP contribution in [0.2, 0.25) is 10.0 Å². The number of nitrogens with two attached hydrogens (primary N) is 1. The molecular weight excluding hydrogens is 487 g/mol. The zero-order valence-corrected chi connectivity index (χ0v) is 18.5. The highest BCUT2D eigenvalue weighted by molar-refractivity contribution is 9.10. The second kappa shape index (κ2) is 9.47. The first-order valence-corrected chi connectivity index (χ1v) is 10.3. The van der Waals surface area contributed by atoms with E-state index < -0.39 is 0 Å². The van der Waals surface area contributed by atoms with Crippen molar-refractivity contribution in [1.82, 2.24) is 4.98 Å². The Morgan fingerprint density at radius 2 is 2.14 bits per heavy atom. The van der Waals surface area contributed by atoms with E-state index in [1.807, 2.05) is 18.2 Å². The molecule has 0 aliphatic heterocycles. The van der Waals surface area contributed by atoms with Crippen molar-refractivity contribution in [3.63, 3.8) is 0 Å². The lowest BCUT2D eigenvalue weighted by Gasteiger charge is -2.14.